The van der Waals surface area contributed by atoms with Crippen LogP contribution in [0, 0.1) is 11.6 Å². The number of H-pyrrole nitrogens is 1. The molecule has 1 aromatic carbocycles. The average molecular weight is 292 g/mol. The number of nitrogens with zero attached hydrogens (tertiary/aromatic N) is 1. The van der Waals surface area contributed by atoms with E-state index >= 15 is 0 Å². The van der Waals surface area contributed by atoms with Gasteiger partial charge in [-0.05, 0) is 36.8 Å². The number of carbonyl (C=O) groups is 1. The Morgan fingerprint density at radius 3 is 2.86 bits per heavy atom. The van der Waals surface area contributed by atoms with Gasteiger partial charge in [0.2, 0.25) is 0 Å². The molecule has 0 bridgehead atoms. The number of benzene rings is 1. The number of aromatic nitrogens is 1. The highest BCUT2D eigenvalue weighted by Gasteiger charge is 2.37. The normalized spacial score (nSPS) is 21.8. The molecule has 1 amide bonds. The molecule has 0 spiro atoms. The van der Waals surface area contributed by atoms with Crippen molar-refractivity contribution in [2.24, 2.45) is 0 Å². The predicted molar refractivity (Wildman–Crippen MR) is 71.6 cm³/mol. The van der Waals surface area contributed by atoms with Crippen LogP contribution in [0.2, 0.25) is 0 Å². The van der Waals surface area contributed by atoms with E-state index in [1.54, 1.807) is 18.3 Å². The molecule has 2 aromatic rings. The second-order valence-corrected chi connectivity index (χ2v) is 5.11. The molecule has 110 valence electrons. The minimum Gasteiger partial charge on any atom is -0.391 e. The molecule has 1 aliphatic rings. The summed E-state index contributed by atoms with van der Waals surface area (Å²) >= 11 is 0. The van der Waals surface area contributed by atoms with Crippen molar-refractivity contribution in [1.29, 1.82) is 0 Å². The van der Waals surface area contributed by atoms with Crippen LogP contribution >= 0.6 is 0 Å². The maximum atomic E-state index is 13.9. The highest BCUT2D eigenvalue weighted by atomic mass is 19.1. The van der Waals surface area contributed by atoms with Gasteiger partial charge in [-0.2, -0.15) is 0 Å². The lowest BCUT2D eigenvalue weighted by Crippen LogP contribution is -2.32. The Morgan fingerprint density at radius 2 is 2.14 bits per heavy atom. The number of hydrogen-bond acceptors (Lipinski definition) is 2. The molecule has 21 heavy (non-hydrogen) atoms. The molecule has 2 unspecified atom stereocenters. The lowest BCUT2D eigenvalue weighted by atomic mass is 10.0. The molecule has 3 rings (SSSR count). The summed E-state index contributed by atoms with van der Waals surface area (Å²) in [7, 11) is 0. The zero-order chi connectivity index (χ0) is 15.0. The van der Waals surface area contributed by atoms with E-state index in [0.717, 1.165) is 18.2 Å². The van der Waals surface area contributed by atoms with E-state index in [1.807, 2.05) is 0 Å². The van der Waals surface area contributed by atoms with E-state index < -0.39 is 23.8 Å². The van der Waals surface area contributed by atoms with Crippen LogP contribution in [-0.2, 0) is 0 Å². The van der Waals surface area contributed by atoms with Crippen molar-refractivity contribution in [3.05, 3.63) is 59.4 Å². The highest BCUT2D eigenvalue weighted by Crippen LogP contribution is 2.34. The van der Waals surface area contributed by atoms with Crippen molar-refractivity contribution >= 4 is 5.91 Å². The van der Waals surface area contributed by atoms with Crippen LogP contribution < -0.4 is 0 Å². The number of aromatic amines is 1. The molecule has 1 aromatic heterocycles. The first-order chi connectivity index (χ1) is 10.1. The molecule has 0 radical (unpaired) electrons. The molecule has 6 heteroatoms. The summed E-state index contributed by atoms with van der Waals surface area (Å²) in [6.07, 6.45) is 1.04. The van der Waals surface area contributed by atoms with Crippen LogP contribution in [0.25, 0.3) is 0 Å². The minimum absolute atomic E-state index is 0.0893. The fourth-order valence-electron chi connectivity index (χ4n) is 2.72. The number of aliphatic hydroxyl groups is 1. The topological polar surface area (TPSA) is 56.3 Å². The van der Waals surface area contributed by atoms with Crippen molar-refractivity contribution in [3.63, 3.8) is 0 Å². The van der Waals surface area contributed by atoms with Crippen LogP contribution in [-0.4, -0.2) is 33.5 Å². The number of nitrogens with one attached hydrogen (secondary N) is 1. The van der Waals surface area contributed by atoms with Crippen molar-refractivity contribution in [3.8, 4) is 0 Å². The monoisotopic (exact) mass is 292 g/mol. The Morgan fingerprint density at radius 1 is 1.33 bits per heavy atom. The third kappa shape index (κ3) is 2.54. The number of likely N-dealkylation sites (tertiary alicyclic amines) is 1. The molecular weight excluding hydrogens is 278 g/mol. The second kappa shape index (κ2) is 5.29. The van der Waals surface area contributed by atoms with Crippen LogP contribution in [0.3, 0.4) is 0 Å². The average Bonchev–Trinajstić information content (AvgIpc) is 3.10. The van der Waals surface area contributed by atoms with E-state index in [9.17, 15) is 18.7 Å². The molecule has 1 fully saturated rings. The molecule has 0 aliphatic carbocycles. The van der Waals surface area contributed by atoms with Crippen molar-refractivity contribution in [1.82, 2.24) is 9.88 Å². The lowest BCUT2D eigenvalue weighted by Gasteiger charge is -2.24. The minimum atomic E-state index is -0.753. The largest absolute Gasteiger partial charge is 0.391 e. The van der Waals surface area contributed by atoms with Crippen molar-refractivity contribution in [2.75, 3.05) is 6.54 Å². The van der Waals surface area contributed by atoms with Gasteiger partial charge < -0.3 is 15.0 Å². The molecular formula is C15H14F2N2O2. The standard InChI is InChI=1S/C15H14F2N2O2/c16-9-3-4-12(17)11(6-9)14-7-10(20)8-19(14)15(21)13-2-1-5-18-13/h1-6,10,14,18,20H,7-8H2. The zero-order valence-corrected chi connectivity index (χ0v) is 11.1. The summed E-state index contributed by atoms with van der Waals surface area (Å²) in [5, 5.41) is 9.82. The number of carbonyl (C=O) groups excluding carboxylic acids is 1. The molecule has 1 saturated heterocycles. The molecule has 0 saturated carbocycles. The van der Waals surface area contributed by atoms with Crippen LogP contribution in [0.4, 0.5) is 8.78 Å². The number of rotatable bonds is 2. The van der Waals surface area contributed by atoms with Gasteiger partial charge in [0, 0.05) is 18.3 Å². The number of hydrogen-bond donors (Lipinski definition) is 2. The number of β-amino-alcohol motifs (C(OH)–C–C–N with tert-alkyl or cyclic N) is 1. The van der Waals surface area contributed by atoms with E-state index in [4.69, 9.17) is 0 Å². The van der Waals surface area contributed by atoms with Crippen molar-refractivity contribution < 1.29 is 18.7 Å². The maximum Gasteiger partial charge on any atom is 0.270 e. The quantitative estimate of drug-likeness (QED) is 0.892. The fourth-order valence-corrected chi connectivity index (χ4v) is 2.72. The summed E-state index contributed by atoms with van der Waals surface area (Å²) in [4.78, 5) is 16.6. The van der Waals surface area contributed by atoms with E-state index in [0.29, 0.717) is 5.69 Å². The third-order valence-corrected chi connectivity index (χ3v) is 3.69. The molecule has 1 aliphatic heterocycles. The Balaban J connectivity index is 1.96. The van der Waals surface area contributed by atoms with Gasteiger partial charge in [0.25, 0.3) is 5.91 Å². The maximum absolute atomic E-state index is 13.9. The van der Waals surface area contributed by atoms with Gasteiger partial charge in [0.15, 0.2) is 0 Å². The molecule has 2 N–H and O–H groups in total. The van der Waals surface area contributed by atoms with Gasteiger partial charge in [0.1, 0.15) is 17.3 Å². The first-order valence-electron chi connectivity index (χ1n) is 6.63. The zero-order valence-electron chi connectivity index (χ0n) is 11.1. The Hall–Kier alpha value is -2.21. The van der Waals surface area contributed by atoms with E-state index in [1.165, 1.54) is 4.90 Å². The lowest BCUT2D eigenvalue weighted by molar-refractivity contribution is 0.0708. The third-order valence-electron chi connectivity index (χ3n) is 3.69. The Bertz CT molecular complexity index is 658. The number of halogens is 2. The van der Waals surface area contributed by atoms with Gasteiger partial charge in [-0.25, -0.2) is 8.78 Å². The first kappa shape index (κ1) is 13.8. The van der Waals surface area contributed by atoms with Gasteiger partial charge in [-0.1, -0.05) is 0 Å². The van der Waals surface area contributed by atoms with E-state index in [-0.39, 0.29) is 24.4 Å². The van der Waals surface area contributed by atoms with Gasteiger partial charge in [0.05, 0.1) is 12.1 Å². The SMILES string of the molecule is O=C(c1ccc[nH]1)N1CC(O)CC1c1cc(F)ccc1F. The van der Waals surface area contributed by atoms with Crippen molar-refractivity contribution in [2.45, 2.75) is 18.6 Å². The summed E-state index contributed by atoms with van der Waals surface area (Å²) in [6.45, 7) is 0.0957. The number of amides is 1. The summed E-state index contributed by atoms with van der Waals surface area (Å²) in [5.74, 6) is -1.50. The van der Waals surface area contributed by atoms with Crippen LogP contribution in [0.5, 0.6) is 0 Å². The van der Waals surface area contributed by atoms with Gasteiger partial charge >= 0.3 is 0 Å². The summed E-state index contributed by atoms with van der Waals surface area (Å²) < 4.78 is 27.3. The molecule has 4 nitrogen and oxygen atoms in total. The predicted octanol–water partition coefficient (Wildman–Crippen LogP) is 2.24. The van der Waals surface area contributed by atoms with Crippen LogP contribution in [0.1, 0.15) is 28.5 Å². The smallest absolute Gasteiger partial charge is 0.270 e. The summed E-state index contributed by atoms with van der Waals surface area (Å²) in [6, 6.07) is 5.75. The first-order valence-corrected chi connectivity index (χ1v) is 6.63. The van der Waals surface area contributed by atoms with Gasteiger partial charge in [-0.15, -0.1) is 0 Å². The van der Waals surface area contributed by atoms with Crippen LogP contribution in [0.15, 0.2) is 36.5 Å². The Kier molecular flexibility index (Phi) is 3.47. The highest BCUT2D eigenvalue weighted by molar-refractivity contribution is 5.93. The van der Waals surface area contributed by atoms with E-state index in [2.05, 4.69) is 4.98 Å². The molecule has 2 atom stereocenters. The Labute approximate surface area is 120 Å². The number of aliphatic hydroxyl groups excluding tert-OH is 1. The second-order valence-electron chi connectivity index (χ2n) is 5.11. The summed E-state index contributed by atoms with van der Waals surface area (Å²) in [5.41, 5.74) is 0.442. The van der Waals surface area contributed by atoms with Gasteiger partial charge in [-0.3, -0.25) is 4.79 Å². The fraction of sp³-hybridized carbons (Fsp3) is 0.267. The molecule has 2 heterocycles.